The molecular formula is C13H29N. The topological polar surface area (TPSA) is 12.0 Å². The quantitative estimate of drug-likeness (QED) is 0.525. The Morgan fingerprint density at radius 2 is 1.64 bits per heavy atom. The van der Waals surface area contributed by atoms with Crippen LogP contribution in [-0.2, 0) is 0 Å². The van der Waals surface area contributed by atoms with Gasteiger partial charge in [0.25, 0.3) is 0 Å². The summed E-state index contributed by atoms with van der Waals surface area (Å²) >= 11 is 0. The Hall–Kier alpha value is -0.0400. The van der Waals surface area contributed by atoms with Crippen molar-refractivity contribution in [3.63, 3.8) is 0 Å². The van der Waals surface area contributed by atoms with Crippen molar-refractivity contribution >= 4 is 0 Å². The molecule has 1 unspecified atom stereocenters. The smallest absolute Gasteiger partial charge is 0.00465 e. The fraction of sp³-hybridized carbons (Fsp3) is 1.00. The van der Waals surface area contributed by atoms with E-state index in [0.29, 0.717) is 0 Å². The fourth-order valence-electron chi connectivity index (χ4n) is 1.77. The normalized spacial score (nSPS) is 13.1. The van der Waals surface area contributed by atoms with E-state index < -0.39 is 0 Å². The van der Waals surface area contributed by atoms with E-state index in [1.54, 1.807) is 0 Å². The largest absolute Gasteiger partial charge is 0.317 e. The van der Waals surface area contributed by atoms with Gasteiger partial charge in [0.2, 0.25) is 0 Å². The van der Waals surface area contributed by atoms with Crippen LogP contribution in [0.2, 0.25) is 0 Å². The summed E-state index contributed by atoms with van der Waals surface area (Å²) in [6.07, 6.45) is 9.88. The molecule has 0 amide bonds. The average molecular weight is 199 g/mol. The zero-order valence-electron chi connectivity index (χ0n) is 10.4. The van der Waals surface area contributed by atoms with Crippen LogP contribution in [-0.4, -0.2) is 13.1 Å². The minimum absolute atomic E-state index is 0.913. The van der Waals surface area contributed by atoms with Crippen LogP contribution < -0.4 is 5.32 Å². The van der Waals surface area contributed by atoms with E-state index in [1.165, 1.54) is 51.5 Å². The van der Waals surface area contributed by atoms with Gasteiger partial charge in [-0.2, -0.15) is 0 Å². The Morgan fingerprint density at radius 1 is 0.929 bits per heavy atom. The lowest BCUT2D eigenvalue weighted by atomic mass is 9.99. The molecule has 0 aromatic heterocycles. The average Bonchev–Trinajstić information content (AvgIpc) is 2.18. The molecule has 0 aromatic carbocycles. The van der Waals surface area contributed by atoms with Crippen molar-refractivity contribution in [3.8, 4) is 0 Å². The third kappa shape index (κ3) is 10.0. The molecule has 0 radical (unpaired) electrons. The minimum Gasteiger partial charge on any atom is -0.317 e. The van der Waals surface area contributed by atoms with Crippen molar-refractivity contribution in [1.29, 1.82) is 0 Å². The van der Waals surface area contributed by atoms with Gasteiger partial charge >= 0.3 is 0 Å². The van der Waals surface area contributed by atoms with Gasteiger partial charge in [0.05, 0.1) is 0 Å². The van der Waals surface area contributed by atoms with Gasteiger partial charge in [0.15, 0.2) is 0 Å². The molecule has 0 saturated heterocycles. The summed E-state index contributed by atoms with van der Waals surface area (Å²) in [5.74, 6) is 0.913. The van der Waals surface area contributed by atoms with E-state index in [1.807, 2.05) is 0 Å². The van der Waals surface area contributed by atoms with Gasteiger partial charge in [-0.3, -0.25) is 0 Å². The summed E-state index contributed by atoms with van der Waals surface area (Å²) in [5.41, 5.74) is 0. The maximum Gasteiger partial charge on any atom is -0.00465 e. The molecule has 0 spiro atoms. The zero-order valence-corrected chi connectivity index (χ0v) is 10.4. The number of hydrogen-bond acceptors (Lipinski definition) is 1. The van der Waals surface area contributed by atoms with Gasteiger partial charge in [-0.05, 0) is 25.4 Å². The first kappa shape index (κ1) is 14.0. The highest BCUT2D eigenvalue weighted by atomic mass is 14.8. The third-order valence-corrected chi connectivity index (χ3v) is 2.86. The number of unbranched alkanes of at least 4 members (excludes halogenated alkanes) is 4. The zero-order chi connectivity index (χ0) is 10.6. The summed E-state index contributed by atoms with van der Waals surface area (Å²) in [6.45, 7) is 9.15. The van der Waals surface area contributed by atoms with Gasteiger partial charge < -0.3 is 5.32 Å². The van der Waals surface area contributed by atoms with E-state index in [2.05, 4.69) is 26.1 Å². The Bertz CT molecular complexity index is 101. The molecule has 0 saturated carbocycles. The van der Waals surface area contributed by atoms with E-state index in [9.17, 15) is 0 Å². The van der Waals surface area contributed by atoms with Crippen molar-refractivity contribution in [2.45, 2.75) is 65.7 Å². The van der Waals surface area contributed by atoms with Gasteiger partial charge in [0.1, 0.15) is 0 Å². The Labute approximate surface area is 90.7 Å². The highest BCUT2D eigenvalue weighted by Gasteiger charge is 2.00. The van der Waals surface area contributed by atoms with E-state index in [4.69, 9.17) is 0 Å². The lowest BCUT2D eigenvalue weighted by molar-refractivity contribution is 0.446. The van der Waals surface area contributed by atoms with Gasteiger partial charge in [-0.1, -0.05) is 59.3 Å². The predicted molar refractivity (Wildman–Crippen MR) is 65.7 cm³/mol. The summed E-state index contributed by atoms with van der Waals surface area (Å²) in [7, 11) is 0. The van der Waals surface area contributed by atoms with Crippen LogP contribution in [0.3, 0.4) is 0 Å². The Balaban J connectivity index is 3.06. The number of hydrogen-bond donors (Lipinski definition) is 1. The molecule has 0 aromatic rings. The van der Waals surface area contributed by atoms with Gasteiger partial charge in [-0.25, -0.2) is 0 Å². The second-order valence-corrected chi connectivity index (χ2v) is 4.45. The monoisotopic (exact) mass is 199 g/mol. The standard InChI is InChI=1S/C13H29N/c1-4-6-7-8-9-10-13(3)11-12-14-5-2/h13-14H,4-12H2,1-3H3. The van der Waals surface area contributed by atoms with Crippen LogP contribution >= 0.6 is 0 Å². The number of rotatable bonds is 10. The molecule has 1 heteroatoms. The second-order valence-electron chi connectivity index (χ2n) is 4.45. The Kier molecular flexibility index (Phi) is 11.0. The molecule has 0 aliphatic carbocycles. The van der Waals surface area contributed by atoms with Crippen LogP contribution in [0.4, 0.5) is 0 Å². The molecule has 0 heterocycles. The molecule has 1 nitrogen and oxygen atoms in total. The predicted octanol–water partition coefficient (Wildman–Crippen LogP) is 3.98. The summed E-state index contributed by atoms with van der Waals surface area (Å²) in [4.78, 5) is 0. The SMILES string of the molecule is CCCCCCCC(C)CCNCC. The molecule has 1 N–H and O–H groups in total. The molecule has 0 aliphatic heterocycles. The van der Waals surface area contributed by atoms with E-state index in [0.717, 1.165) is 12.5 Å². The Morgan fingerprint density at radius 3 is 2.29 bits per heavy atom. The molecular weight excluding hydrogens is 170 g/mol. The van der Waals surface area contributed by atoms with Crippen molar-refractivity contribution in [3.05, 3.63) is 0 Å². The minimum atomic E-state index is 0.913. The highest BCUT2D eigenvalue weighted by Crippen LogP contribution is 2.13. The molecule has 86 valence electrons. The lowest BCUT2D eigenvalue weighted by Crippen LogP contribution is -2.16. The van der Waals surface area contributed by atoms with Crippen molar-refractivity contribution < 1.29 is 0 Å². The summed E-state index contributed by atoms with van der Waals surface area (Å²) in [5, 5.41) is 3.39. The second kappa shape index (κ2) is 11.0. The molecule has 0 fully saturated rings. The molecule has 0 aliphatic rings. The highest BCUT2D eigenvalue weighted by molar-refractivity contribution is 4.56. The first-order valence-corrected chi connectivity index (χ1v) is 6.52. The first-order chi connectivity index (χ1) is 6.81. The van der Waals surface area contributed by atoms with Gasteiger partial charge in [-0.15, -0.1) is 0 Å². The van der Waals surface area contributed by atoms with E-state index >= 15 is 0 Å². The van der Waals surface area contributed by atoms with Gasteiger partial charge in [0, 0.05) is 0 Å². The summed E-state index contributed by atoms with van der Waals surface area (Å²) < 4.78 is 0. The van der Waals surface area contributed by atoms with Crippen molar-refractivity contribution in [1.82, 2.24) is 5.32 Å². The van der Waals surface area contributed by atoms with Crippen LogP contribution in [0, 0.1) is 5.92 Å². The van der Waals surface area contributed by atoms with E-state index in [-0.39, 0.29) is 0 Å². The molecule has 0 bridgehead atoms. The maximum absolute atomic E-state index is 3.39. The lowest BCUT2D eigenvalue weighted by Gasteiger charge is -2.10. The van der Waals surface area contributed by atoms with Crippen molar-refractivity contribution in [2.75, 3.05) is 13.1 Å². The molecule has 1 atom stereocenters. The van der Waals surface area contributed by atoms with Crippen LogP contribution in [0.1, 0.15) is 65.7 Å². The van der Waals surface area contributed by atoms with Crippen LogP contribution in [0.25, 0.3) is 0 Å². The van der Waals surface area contributed by atoms with Crippen molar-refractivity contribution in [2.24, 2.45) is 5.92 Å². The first-order valence-electron chi connectivity index (χ1n) is 6.52. The maximum atomic E-state index is 3.39. The third-order valence-electron chi connectivity index (χ3n) is 2.86. The van der Waals surface area contributed by atoms with Crippen LogP contribution in [0.15, 0.2) is 0 Å². The number of nitrogens with one attached hydrogen (secondary N) is 1. The molecule has 0 rings (SSSR count). The summed E-state index contributed by atoms with van der Waals surface area (Å²) in [6, 6.07) is 0. The fourth-order valence-corrected chi connectivity index (χ4v) is 1.77. The van der Waals surface area contributed by atoms with Crippen LogP contribution in [0.5, 0.6) is 0 Å². The molecule has 14 heavy (non-hydrogen) atoms.